The lowest BCUT2D eigenvalue weighted by Gasteiger charge is -2.08. The zero-order valence-corrected chi connectivity index (χ0v) is 8.38. The van der Waals surface area contributed by atoms with E-state index in [-0.39, 0.29) is 5.91 Å². The summed E-state index contributed by atoms with van der Waals surface area (Å²) in [5.74, 6) is -0.299. The second-order valence-electron chi connectivity index (χ2n) is 3.03. The predicted molar refractivity (Wildman–Crippen MR) is 52.1 cm³/mol. The number of unbranched alkanes of at least 4 members (excludes halogenated alkanes) is 1. The molecule has 0 aliphatic rings. The van der Waals surface area contributed by atoms with Crippen molar-refractivity contribution in [2.75, 3.05) is 27.2 Å². The molecule has 0 spiro atoms. The van der Waals surface area contributed by atoms with Crippen LogP contribution < -0.4 is 5.48 Å². The Morgan fingerprint density at radius 2 is 2.23 bits per heavy atom. The Bertz CT molecular complexity index is 158. The highest BCUT2D eigenvalue weighted by Gasteiger charge is 1.94. The van der Waals surface area contributed by atoms with Gasteiger partial charge in [-0.05, 0) is 39.6 Å². The van der Waals surface area contributed by atoms with Crippen LogP contribution in [0.1, 0.15) is 12.8 Å². The van der Waals surface area contributed by atoms with Crippen molar-refractivity contribution >= 4 is 5.91 Å². The molecule has 0 bridgehead atoms. The van der Waals surface area contributed by atoms with Crippen LogP contribution in [0.15, 0.2) is 12.7 Å². The van der Waals surface area contributed by atoms with Crippen LogP contribution >= 0.6 is 0 Å². The van der Waals surface area contributed by atoms with Crippen LogP contribution in [0.2, 0.25) is 0 Å². The molecule has 4 heteroatoms. The van der Waals surface area contributed by atoms with Gasteiger partial charge in [0, 0.05) is 0 Å². The van der Waals surface area contributed by atoms with Crippen molar-refractivity contribution < 1.29 is 9.63 Å². The number of hydrogen-bond acceptors (Lipinski definition) is 3. The van der Waals surface area contributed by atoms with E-state index in [2.05, 4.69) is 17.0 Å². The van der Waals surface area contributed by atoms with Gasteiger partial charge in [-0.1, -0.05) is 6.58 Å². The minimum atomic E-state index is -0.299. The Morgan fingerprint density at radius 3 is 2.77 bits per heavy atom. The fraction of sp³-hybridized carbons (Fsp3) is 0.667. The Hall–Kier alpha value is -0.870. The quantitative estimate of drug-likeness (QED) is 0.359. The average Bonchev–Trinajstić information content (AvgIpc) is 2.10. The summed E-state index contributed by atoms with van der Waals surface area (Å²) in [7, 11) is 4.06. The van der Waals surface area contributed by atoms with E-state index in [9.17, 15) is 4.79 Å². The molecule has 1 N–H and O–H groups in total. The molecule has 0 aliphatic carbocycles. The minimum absolute atomic E-state index is 0.299. The monoisotopic (exact) mass is 186 g/mol. The average molecular weight is 186 g/mol. The zero-order valence-electron chi connectivity index (χ0n) is 8.38. The molecule has 0 aromatic rings. The summed E-state index contributed by atoms with van der Waals surface area (Å²) in [6.07, 6.45) is 3.19. The van der Waals surface area contributed by atoms with Gasteiger partial charge in [0.15, 0.2) is 0 Å². The van der Waals surface area contributed by atoms with Crippen LogP contribution in [0.4, 0.5) is 0 Å². The van der Waals surface area contributed by atoms with Crippen molar-refractivity contribution in [1.82, 2.24) is 10.4 Å². The Labute approximate surface area is 79.5 Å². The van der Waals surface area contributed by atoms with Crippen LogP contribution in [-0.4, -0.2) is 38.1 Å². The summed E-state index contributed by atoms with van der Waals surface area (Å²) in [6.45, 7) is 4.89. The number of nitrogens with one attached hydrogen (secondary N) is 1. The number of hydroxylamine groups is 1. The van der Waals surface area contributed by atoms with Crippen molar-refractivity contribution in [1.29, 1.82) is 0 Å². The van der Waals surface area contributed by atoms with Crippen LogP contribution in [-0.2, 0) is 9.63 Å². The highest BCUT2D eigenvalue weighted by Crippen LogP contribution is 1.90. The van der Waals surface area contributed by atoms with Gasteiger partial charge < -0.3 is 4.90 Å². The van der Waals surface area contributed by atoms with Gasteiger partial charge in [0.25, 0.3) is 5.91 Å². The summed E-state index contributed by atoms with van der Waals surface area (Å²) >= 11 is 0. The fourth-order valence-corrected chi connectivity index (χ4v) is 0.766. The Kier molecular flexibility index (Phi) is 7.24. The molecular weight excluding hydrogens is 168 g/mol. The first-order chi connectivity index (χ1) is 6.16. The van der Waals surface area contributed by atoms with Crippen molar-refractivity contribution in [3.05, 3.63) is 12.7 Å². The molecule has 0 aromatic heterocycles. The smallest absolute Gasteiger partial charge is 0.266 e. The fourth-order valence-electron chi connectivity index (χ4n) is 0.766. The molecule has 0 heterocycles. The predicted octanol–water partition coefficient (Wildman–Crippen LogP) is 0.562. The molecule has 0 fully saturated rings. The Balaban J connectivity index is 3.08. The molecule has 0 rings (SSSR count). The van der Waals surface area contributed by atoms with E-state index in [0.29, 0.717) is 6.61 Å². The normalized spacial score (nSPS) is 10.1. The van der Waals surface area contributed by atoms with Crippen molar-refractivity contribution in [2.45, 2.75) is 12.8 Å². The second kappa shape index (κ2) is 7.76. The minimum Gasteiger partial charge on any atom is -0.309 e. The summed E-state index contributed by atoms with van der Waals surface area (Å²) in [5, 5.41) is 0. The molecule has 76 valence electrons. The van der Waals surface area contributed by atoms with Crippen molar-refractivity contribution in [3.8, 4) is 0 Å². The molecule has 13 heavy (non-hydrogen) atoms. The SMILES string of the molecule is C=CC(=O)NOCCCCN(C)C. The van der Waals surface area contributed by atoms with Gasteiger partial charge >= 0.3 is 0 Å². The van der Waals surface area contributed by atoms with Gasteiger partial charge in [-0.3, -0.25) is 9.63 Å². The molecule has 4 nitrogen and oxygen atoms in total. The number of carbonyl (C=O) groups is 1. The molecule has 0 saturated carbocycles. The van der Waals surface area contributed by atoms with Crippen LogP contribution in [0.5, 0.6) is 0 Å². The molecular formula is C9H18N2O2. The number of nitrogens with zero attached hydrogens (tertiary/aromatic N) is 1. The molecule has 1 amide bonds. The number of rotatable bonds is 7. The summed E-state index contributed by atoms with van der Waals surface area (Å²) in [6, 6.07) is 0. The topological polar surface area (TPSA) is 41.6 Å². The van der Waals surface area contributed by atoms with E-state index >= 15 is 0 Å². The molecule has 0 unspecified atom stereocenters. The van der Waals surface area contributed by atoms with Gasteiger partial charge in [0.1, 0.15) is 0 Å². The van der Waals surface area contributed by atoms with Crippen LogP contribution in [0, 0.1) is 0 Å². The maximum absolute atomic E-state index is 10.6. The maximum Gasteiger partial charge on any atom is 0.266 e. The van der Waals surface area contributed by atoms with E-state index in [0.717, 1.165) is 19.4 Å². The van der Waals surface area contributed by atoms with E-state index in [1.54, 1.807) is 0 Å². The summed E-state index contributed by atoms with van der Waals surface area (Å²) < 4.78 is 0. The van der Waals surface area contributed by atoms with Gasteiger partial charge in [-0.2, -0.15) is 0 Å². The third-order valence-corrected chi connectivity index (χ3v) is 1.46. The number of hydrogen-bond donors (Lipinski definition) is 1. The third kappa shape index (κ3) is 9.04. The number of amides is 1. The van der Waals surface area contributed by atoms with E-state index < -0.39 is 0 Å². The third-order valence-electron chi connectivity index (χ3n) is 1.46. The lowest BCUT2D eigenvalue weighted by Crippen LogP contribution is -2.22. The van der Waals surface area contributed by atoms with Crippen molar-refractivity contribution in [3.63, 3.8) is 0 Å². The van der Waals surface area contributed by atoms with Crippen LogP contribution in [0.25, 0.3) is 0 Å². The molecule has 0 aromatic carbocycles. The lowest BCUT2D eigenvalue weighted by atomic mass is 10.3. The molecule has 0 radical (unpaired) electrons. The molecule has 0 atom stereocenters. The highest BCUT2D eigenvalue weighted by atomic mass is 16.6. The standard InChI is InChI=1S/C9H18N2O2/c1-4-9(12)10-13-8-6-5-7-11(2)3/h4H,1,5-8H2,2-3H3,(H,10,12). The van der Waals surface area contributed by atoms with E-state index in [1.165, 1.54) is 6.08 Å². The first kappa shape index (κ1) is 12.1. The lowest BCUT2D eigenvalue weighted by molar-refractivity contribution is -0.128. The number of carbonyl (C=O) groups excluding carboxylic acids is 1. The van der Waals surface area contributed by atoms with Crippen molar-refractivity contribution in [2.24, 2.45) is 0 Å². The summed E-state index contributed by atoms with van der Waals surface area (Å²) in [4.78, 5) is 17.6. The van der Waals surface area contributed by atoms with Gasteiger partial charge in [0.2, 0.25) is 0 Å². The van der Waals surface area contributed by atoms with Gasteiger partial charge in [-0.15, -0.1) is 0 Å². The second-order valence-corrected chi connectivity index (χ2v) is 3.03. The van der Waals surface area contributed by atoms with Crippen LogP contribution in [0.3, 0.4) is 0 Å². The van der Waals surface area contributed by atoms with E-state index in [4.69, 9.17) is 4.84 Å². The Morgan fingerprint density at radius 1 is 1.54 bits per heavy atom. The van der Waals surface area contributed by atoms with Gasteiger partial charge in [-0.25, -0.2) is 5.48 Å². The molecule has 0 saturated heterocycles. The summed E-state index contributed by atoms with van der Waals surface area (Å²) in [5.41, 5.74) is 2.25. The molecule has 0 aliphatic heterocycles. The first-order valence-corrected chi connectivity index (χ1v) is 4.35. The first-order valence-electron chi connectivity index (χ1n) is 4.35. The maximum atomic E-state index is 10.6. The largest absolute Gasteiger partial charge is 0.309 e. The highest BCUT2D eigenvalue weighted by molar-refractivity contribution is 5.85. The van der Waals surface area contributed by atoms with E-state index in [1.807, 2.05) is 14.1 Å². The zero-order chi connectivity index (χ0) is 10.1. The van der Waals surface area contributed by atoms with Gasteiger partial charge in [0.05, 0.1) is 6.61 Å².